The first-order chi connectivity index (χ1) is 13.0. The third kappa shape index (κ3) is 4.07. The van der Waals surface area contributed by atoms with Gasteiger partial charge in [0.25, 0.3) is 6.33 Å². The van der Waals surface area contributed by atoms with Crippen molar-refractivity contribution in [3.05, 3.63) is 74.2 Å². The Kier molecular flexibility index (Phi) is 6.59. The number of nitrogens with zero attached hydrogens (tertiary/aromatic N) is 2. The van der Waals surface area contributed by atoms with Crippen LogP contribution in [0.1, 0.15) is 49.9 Å². The van der Waals surface area contributed by atoms with Gasteiger partial charge in [-0.2, -0.15) is 0 Å². The molecule has 1 heterocycles. The molecule has 0 radical (unpaired) electrons. The van der Waals surface area contributed by atoms with Crippen LogP contribution in [0.4, 0.5) is 0 Å². The lowest BCUT2D eigenvalue weighted by molar-refractivity contribution is -0.595. The van der Waals surface area contributed by atoms with Crippen molar-refractivity contribution < 1.29 is 4.57 Å². The summed E-state index contributed by atoms with van der Waals surface area (Å²) in [6.07, 6.45) is 10.6. The highest BCUT2D eigenvalue weighted by Gasteiger charge is 2.20. The van der Waals surface area contributed by atoms with Crippen molar-refractivity contribution in [2.75, 3.05) is 0 Å². The van der Waals surface area contributed by atoms with Crippen LogP contribution in [0.2, 0.25) is 0 Å². The second-order valence-electron chi connectivity index (χ2n) is 6.79. The van der Waals surface area contributed by atoms with Crippen LogP contribution in [0.25, 0.3) is 11.4 Å². The highest BCUT2D eigenvalue weighted by molar-refractivity contribution is 9.10. The molecule has 0 N–H and O–H groups in total. The average Bonchev–Trinajstić information content (AvgIpc) is 3.15. The first-order valence-corrected chi connectivity index (χ1v) is 11.3. The molecule has 3 aromatic rings. The number of hydrogen-bond acceptors (Lipinski definition) is 0. The van der Waals surface area contributed by atoms with Crippen LogP contribution in [0.5, 0.6) is 0 Å². The molecule has 0 atom stereocenters. The fourth-order valence-corrected chi connectivity index (χ4v) is 4.90. The van der Waals surface area contributed by atoms with Gasteiger partial charge in [0.2, 0.25) is 0 Å². The molecule has 142 valence electrons. The Morgan fingerprint density at radius 1 is 0.741 bits per heavy atom. The zero-order chi connectivity index (χ0) is 19.6. The third-order valence-corrected chi connectivity index (χ3v) is 6.06. The minimum atomic E-state index is 1.01. The average molecular weight is 491 g/mol. The molecule has 0 spiro atoms. The summed E-state index contributed by atoms with van der Waals surface area (Å²) in [5, 5.41) is 0. The standard InChI is InChI=1S/C23H27Br2N2/c1-5-16-11-20(24)12-17(6-2)22(16)26-9-10-27(15-26)23-18(7-3)13-21(25)14-19(23)8-4/h9-15H,5-8H2,1-4H3/q+1. The Labute approximate surface area is 179 Å². The van der Waals surface area contributed by atoms with E-state index in [-0.39, 0.29) is 0 Å². The SMILES string of the molecule is CCc1cc(Br)cc(CC)c1-n1cc[n+](-c2c(CC)cc(Br)cc2CC)c1. The predicted molar refractivity (Wildman–Crippen MR) is 120 cm³/mol. The maximum Gasteiger partial charge on any atom is 0.254 e. The molecule has 0 amide bonds. The minimum Gasteiger partial charge on any atom is -0.201 e. The van der Waals surface area contributed by atoms with Gasteiger partial charge in [0, 0.05) is 31.2 Å². The Morgan fingerprint density at radius 3 is 1.63 bits per heavy atom. The zero-order valence-corrected chi connectivity index (χ0v) is 19.7. The van der Waals surface area contributed by atoms with E-state index >= 15 is 0 Å². The number of benzene rings is 2. The number of imidazole rings is 1. The second-order valence-corrected chi connectivity index (χ2v) is 8.62. The summed E-state index contributed by atoms with van der Waals surface area (Å²) >= 11 is 7.34. The zero-order valence-electron chi connectivity index (χ0n) is 16.5. The Morgan fingerprint density at radius 2 is 1.19 bits per heavy atom. The lowest BCUT2D eigenvalue weighted by Crippen LogP contribution is -2.31. The van der Waals surface area contributed by atoms with Gasteiger partial charge >= 0.3 is 0 Å². The van der Waals surface area contributed by atoms with Crippen LogP contribution in [-0.2, 0) is 25.7 Å². The van der Waals surface area contributed by atoms with E-state index in [9.17, 15) is 0 Å². The fourth-order valence-electron chi connectivity index (χ4n) is 3.80. The number of hydrogen-bond donors (Lipinski definition) is 0. The molecule has 0 aliphatic carbocycles. The summed E-state index contributed by atoms with van der Waals surface area (Å²) in [4.78, 5) is 0. The van der Waals surface area contributed by atoms with E-state index in [1.54, 1.807) is 0 Å². The molecule has 0 fully saturated rings. The summed E-state index contributed by atoms with van der Waals surface area (Å²) in [5.41, 5.74) is 8.10. The monoisotopic (exact) mass is 489 g/mol. The first kappa shape index (κ1) is 20.3. The quantitative estimate of drug-likeness (QED) is 0.347. The molecule has 0 aliphatic rings. The fraction of sp³-hybridized carbons (Fsp3) is 0.348. The summed E-state index contributed by atoms with van der Waals surface area (Å²) in [7, 11) is 0. The van der Waals surface area contributed by atoms with Crippen LogP contribution < -0.4 is 4.57 Å². The molecule has 1 aromatic heterocycles. The van der Waals surface area contributed by atoms with Crippen LogP contribution in [0, 0.1) is 0 Å². The number of aromatic nitrogens is 2. The van der Waals surface area contributed by atoms with Gasteiger partial charge in [-0.25, -0.2) is 9.13 Å². The van der Waals surface area contributed by atoms with E-state index in [2.05, 4.69) is 112 Å². The van der Waals surface area contributed by atoms with Gasteiger partial charge in [-0.05, 0) is 49.9 Å². The van der Waals surface area contributed by atoms with Gasteiger partial charge < -0.3 is 0 Å². The molecule has 2 nitrogen and oxygen atoms in total. The summed E-state index contributed by atoms with van der Waals surface area (Å²) in [5.74, 6) is 0. The van der Waals surface area contributed by atoms with E-state index in [1.807, 2.05) is 0 Å². The van der Waals surface area contributed by atoms with E-state index in [0.29, 0.717) is 0 Å². The van der Waals surface area contributed by atoms with Gasteiger partial charge in [-0.1, -0.05) is 59.6 Å². The van der Waals surface area contributed by atoms with Gasteiger partial charge in [-0.15, -0.1) is 0 Å². The molecule has 0 unspecified atom stereocenters. The highest BCUT2D eigenvalue weighted by Crippen LogP contribution is 2.27. The van der Waals surface area contributed by atoms with Gasteiger partial charge in [-0.3, -0.25) is 0 Å². The maximum absolute atomic E-state index is 3.67. The molecule has 4 heteroatoms. The van der Waals surface area contributed by atoms with E-state index < -0.39 is 0 Å². The van der Waals surface area contributed by atoms with Crippen LogP contribution in [-0.4, -0.2) is 4.57 Å². The largest absolute Gasteiger partial charge is 0.254 e. The number of halogens is 2. The topological polar surface area (TPSA) is 8.81 Å². The lowest BCUT2D eigenvalue weighted by Gasteiger charge is -2.12. The normalized spacial score (nSPS) is 11.2. The second kappa shape index (κ2) is 8.74. The maximum atomic E-state index is 3.67. The van der Waals surface area contributed by atoms with Gasteiger partial charge in [0.1, 0.15) is 23.8 Å². The predicted octanol–water partition coefficient (Wildman–Crippen LogP) is 6.53. The van der Waals surface area contributed by atoms with Crippen molar-refractivity contribution in [2.24, 2.45) is 0 Å². The lowest BCUT2D eigenvalue weighted by atomic mass is 10.0. The van der Waals surface area contributed by atoms with E-state index in [4.69, 9.17) is 0 Å². The summed E-state index contributed by atoms with van der Waals surface area (Å²) in [6, 6.07) is 8.97. The van der Waals surface area contributed by atoms with Crippen molar-refractivity contribution in [2.45, 2.75) is 53.4 Å². The van der Waals surface area contributed by atoms with Gasteiger partial charge in [0.05, 0.1) is 0 Å². The van der Waals surface area contributed by atoms with Crippen molar-refractivity contribution >= 4 is 31.9 Å². The molecule has 0 aliphatic heterocycles. The summed E-state index contributed by atoms with van der Waals surface area (Å²) < 4.78 is 6.89. The van der Waals surface area contributed by atoms with Crippen LogP contribution in [0.15, 0.2) is 51.9 Å². The van der Waals surface area contributed by atoms with Crippen LogP contribution >= 0.6 is 31.9 Å². The van der Waals surface area contributed by atoms with Crippen molar-refractivity contribution in [3.8, 4) is 11.4 Å². The first-order valence-electron chi connectivity index (χ1n) is 9.74. The molecule has 2 aromatic carbocycles. The number of rotatable bonds is 6. The van der Waals surface area contributed by atoms with E-state index in [0.717, 1.165) is 34.6 Å². The summed E-state index contributed by atoms with van der Waals surface area (Å²) in [6.45, 7) is 8.89. The Hall–Kier alpha value is -1.39. The molecular weight excluding hydrogens is 464 g/mol. The smallest absolute Gasteiger partial charge is 0.201 e. The van der Waals surface area contributed by atoms with Gasteiger partial charge in [0.15, 0.2) is 0 Å². The molecular formula is C23H27Br2N2+. The molecule has 0 saturated carbocycles. The van der Waals surface area contributed by atoms with E-state index in [1.165, 1.54) is 33.6 Å². The molecule has 27 heavy (non-hydrogen) atoms. The van der Waals surface area contributed by atoms with Crippen molar-refractivity contribution in [3.63, 3.8) is 0 Å². The van der Waals surface area contributed by atoms with Crippen LogP contribution in [0.3, 0.4) is 0 Å². The highest BCUT2D eigenvalue weighted by atomic mass is 79.9. The third-order valence-electron chi connectivity index (χ3n) is 5.14. The molecule has 3 rings (SSSR count). The number of aryl methyl sites for hydroxylation is 4. The van der Waals surface area contributed by atoms with Crippen molar-refractivity contribution in [1.82, 2.24) is 4.57 Å². The minimum absolute atomic E-state index is 1.01. The molecule has 0 bridgehead atoms. The Bertz CT molecular complexity index is 831. The Balaban J connectivity index is 2.18. The molecule has 0 saturated heterocycles. The van der Waals surface area contributed by atoms with Crippen molar-refractivity contribution in [1.29, 1.82) is 0 Å².